The number of nitrogens with zero attached hydrogens (tertiary/aromatic N) is 1. The smallest absolute Gasteiger partial charge is 0.291 e. The molecule has 10 heavy (non-hydrogen) atoms. The molecule has 0 aromatic heterocycles. The maximum Gasteiger partial charge on any atom is 0.445 e. The van der Waals surface area contributed by atoms with Crippen molar-refractivity contribution in [3.8, 4) is 0 Å². The van der Waals surface area contributed by atoms with E-state index in [1.165, 1.54) is 14.1 Å². The molecule has 0 aliphatic heterocycles. The van der Waals surface area contributed by atoms with Gasteiger partial charge in [-0.25, -0.2) is 9.24 Å². The normalized spacial score (nSPS) is 17.9. The standard InChI is InChI=1S/C5H13FNO2P/c1-5(2)9-10(6,8)7(3)4/h5H,1-4H3. The summed E-state index contributed by atoms with van der Waals surface area (Å²) >= 11 is 0. The van der Waals surface area contributed by atoms with Crippen molar-refractivity contribution in [2.75, 3.05) is 14.1 Å². The molecule has 0 N–H and O–H groups in total. The number of rotatable bonds is 3. The fourth-order valence-corrected chi connectivity index (χ4v) is 1.06. The van der Waals surface area contributed by atoms with Crippen molar-refractivity contribution in [1.82, 2.24) is 4.67 Å². The summed E-state index contributed by atoms with van der Waals surface area (Å²) < 4.78 is 28.9. The van der Waals surface area contributed by atoms with Gasteiger partial charge in [-0.3, -0.25) is 4.52 Å². The third-order valence-corrected chi connectivity index (χ3v) is 2.46. The van der Waals surface area contributed by atoms with Gasteiger partial charge in [0.05, 0.1) is 6.10 Å². The summed E-state index contributed by atoms with van der Waals surface area (Å²) in [6.45, 7) is 3.27. The third kappa shape index (κ3) is 3.30. The van der Waals surface area contributed by atoms with Crippen LogP contribution in [0, 0.1) is 0 Å². The number of hydrogen-bond acceptors (Lipinski definition) is 2. The summed E-state index contributed by atoms with van der Waals surface area (Å²) in [7, 11) is -1.23. The average molecular weight is 169 g/mol. The van der Waals surface area contributed by atoms with Crippen molar-refractivity contribution in [2.45, 2.75) is 20.0 Å². The van der Waals surface area contributed by atoms with Gasteiger partial charge in [-0.15, -0.1) is 4.20 Å². The van der Waals surface area contributed by atoms with Crippen LogP contribution in [0.3, 0.4) is 0 Å². The summed E-state index contributed by atoms with van der Waals surface area (Å²) in [5.74, 6) is 0. The second kappa shape index (κ2) is 3.46. The van der Waals surface area contributed by atoms with E-state index in [-0.39, 0.29) is 6.10 Å². The van der Waals surface area contributed by atoms with E-state index in [0.717, 1.165) is 4.67 Å². The van der Waals surface area contributed by atoms with Crippen molar-refractivity contribution in [1.29, 1.82) is 0 Å². The van der Waals surface area contributed by atoms with Gasteiger partial charge in [-0.05, 0) is 27.9 Å². The Morgan fingerprint density at radius 1 is 1.50 bits per heavy atom. The molecule has 0 bridgehead atoms. The van der Waals surface area contributed by atoms with Gasteiger partial charge in [0.2, 0.25) is 0 Å². The molecule has 0 aromatic rings. The van der Waals surface area contributed by atoms with Gasteiger partial charge < -0.3 is 0 Å². The lowest BCUT2D eigenvalue weighted by Gasteiger charge is -2.17. The van der Waals surface area contributed by atoms with Gasteiger partial charge in [-0.2, -0.15) is 0 Å². The van der Waals surface area contributed by atoms with Crippen LogP contribution in [-0.2, 0) is 9.09 Å². The van der Waals surface area contributed by atoms with Crippen LogP contribution in [0.15, 0.2) is 0 Å². The Morgan fingerprint density at radius 2 is 1.90 bits per heavy atom. The molecule has 0 spiro atoms. The van der Waals surface area contributed by atoms with Crippen LogP contribution in [-0.4, -0.2) is 24.9 Å². The zero-order chi connectivity index (χ0) is 8.36. The molecule has 0 aliphatic rings. The van der Waals surface area contributed by atoms with Crippen molar-refractivity contribution in [2.24, 2.45) is 0 Å². The van der Waals surface area contributed by atoms with E-state index in [0.29, 0.717) is 0 Å². The first-order chi connectivity index (χ1) is 4.36. The molecule has 0 saturated heterocycles. The molecular formula is C5H13FNO2P. The van der Waals surface area contributed by atoms with Gasteiger partial charge >= 0.3 is 7.83 Å². The van der Waals surface area contributed by atoms with Gasteiger partial charge in [-0.1, -0.05) is 0 Å². The average Bonchev–Trinajstić information content (AvgIpc) is 1.60. The van der Waals surface area contributed by atoms with Crippen molar-refractivity contribution in [3.63, 3.8) is 0 Å². The topological polar surface area (TPSA) is 29.5 Å². The SMILES string of the molecule is CC(C)OP(=O)(F)N(C)C. The second-order valence-corrected chi connectivity index (χ2v) is 4.37. The Hall–Kier alpha value is 0.0800. The molecule has 0 radical (unpaired) electrons. The molecule has 1 unspecified atom stereocenters. The van der Waals surface area contributed by atoms with Crippen molar-refractivity contribution < 1.29 is 13.3 Å². The molecule has 0 aromatic carbocycles. The highest BCUT2D eigenvalue weighted by molar-refractivity contribution is 7.50. The quantitative estimate of drug-likeness (QED) is 0.605. The molecule has 5 heteroatoms. The fraction of sp³-hybridized carbons (Fsp3) is 1.00. The Balaban J connectivity index is 4.01. The maximum atomic E-state index is 12.7. The molecule has 1 atom stereocenters. The van der Waals surface area contributed by atoms with Crippen LogP contribution < -0.4 is 0 Å². The molecule has 0 saturated carbocycles. The van der Waals surface area contributed by atoms with E-state index in [9.17, 15) is 8.76 Å². The van der Waals surface area contributed by atoms with Crippen LogP contribution in [0.5, 0.6) is 0 Å². The lowest BCUT2D eigenvalue weighted by atomic mass is 10.5. The van der Waals surface area contributed by atoms with E-state index in [2.05, 4.69) is 4.52 Å². The molecule has 3 nitrogen and oxygen atoms in total. The van der Waals surface area contributed by atoms with Gasteiger partial charge in [0.25, 0.3) is 0 Å². The monoisotopic (exact) mass is 169 g/mol. The highest BCUT2D eigenvalue weighted by Gasteiger charge is 2.26. The largest absolute Gasteiger partial charge is 0.445 e. The van der Waals surface area contributed by atoms with Gasteiger partial charge in [0.1, 0.15) is 0 Å². The van der Waals surface area contributed by atoms with Crippen LogP contribution in [0.1, 0.15) is 13.8 Å². The Labute approximate surface area is 60.8 Å². The molecule has 0 heterocycles. The van der Waals surface area contributed by atoms with E-state index in [1.807, 2.05) is 0 Å². The first-order valence-corrected chi connectivity index (χ1v) is 4.49. The lowest BCUT2D eigenvalue weighted by Crippen LogP contribution is -2.10. The Morgan fingerprint density at radius 3 is 2.00 bits per heavy atom. The number of halogens is 1. The van der Waals surface area contributed by atoms with Crippen LogP contribution in [0.25, 0.3) is 0 Å². The third-order valence-electron chi connectivity index (χ3n) is 0.819. The minimum absolute atomic E-state index is 0.349. The van der Waals surface area contributed by atoms with Crippen molar-refractivity contribution in [3.05, 3.63) is 0 Å². The predicted molar refractivity (Wildman–Crippen MR) is 38.6 cm³/mol. The summed E-state index contributed by atoms with van der Waals surface area (Å²) in [5, 5.41) is 0. The predicted octanol–water partition coefficient (Wildman–Crippen LogP) is 2.05. The Bertz CT molecular complexity index is 149. The van der Waals surface area contributed by atoms with E-state index >= 15 is 0 Å². The summed E-state index contributed by atoms with van der Waals surface area (Å²) in [6, 6.07) is 0. The summed E-state index contributed by atoms with van der Waals surface area (Å²) in [6.07, 6.45) is -0.349. The first kappa shape index (κ1) is 10.1. The summed E-state index contributed by atoms with van der Waals surface area (Å²) in [4.78, 5) is 0. The zero-order valence-electron chi connectivity index (χ0n) is 6.67. The molecule has 0 fully saturated rings. The van der Waals surface area contributed by atoms with Gasteiger partial charge in [0.15, 0.2) is 0 Å². The minimum atomic E-state index is -3.99. The van der Waals surface area contributed by atoms with E-state index in [4.69, 9.17) is 0 Å². The van der Waals surface area contributed by atoms with E-state index < -0.39 is 7.83 Å². The minimum Gasteiger partial charge on any atom is -0.291 e. The van der Waals surface area contributed by atoms with Crippen LogP contribution in [0.2, 0.25) is 0 Å². The molecule has 0 aliphatic carbocycles. The highest BCUT2D eigenvalue weighted by Crippen LogP contribution is 2.51. The fourth-order valence-electron chi connectivity index (χ4n) is 0.354. The molecule has 62 valence electrons. The molecule has 0 rings (SSSR count). The van der Waals surface area contributed by atoms with Gasteiger partial charge in [0, 0.05) is 0 Å². The second-order valence-electron chi connectivity index (χ2n) is 2.45. The molecule has 0 amide bonds. The van der Waals surface area contributed by atoms with Crippen molar-refractivity contribution >= 4 is 7.83 Å². The lowest BCUT2D eigenvalue weighted by molar-refractivity contribution is 0.197. The first-order valence-electron chi connectivity index (χ1n) is 3.02. The maximum absolute atomic E-state index is 12.7. The highest BCUT2D eigenvalue weighted by atomic mass is 31.2. The van der Waals surface area contributed by atoms with E-state index in [1.54, 1.807) is 13.8 Å². The van der Waals surface area contributed by atoms with Crippen LogP contribution in [0.4, 0.5) is 4.20 Å². The Kier molecular flexibility index (Phi) is 3.49. The van der Waals surface area contributed by atoms with Crippen LogP contribution >= 0.6 is 7.83 Å². The zero-order valence-corrected chi connectivity index (χ0v) is 7.56. The summed E-state index contributed by atoms with van der Waals surface area (Å²) in [5.41, 5.74) is 0. The number of hydrogen-bond donors (Lipinski definition) is 0. The molecular weight excluding hydrogens is 156 g/mol.